The van der Waals surface area contributed by atoms with Crippen molar-refractivity contribution in [3.05, 3.63) is 45.5 Å². The summed E-state index contributed by atoms with van der Waals surface area (Å²) in [6.45, 7) is 3.69. The van der Waals surface area contributed by atoms with Gasteiger partial charge in [-0.2, -0.15) is 0 Å². The first kappa shape index (κ1) is 10.7. The molecule has 86 valence electrons. The maximum absolute atomic E-state index is 12.3. The van der Waals surface area contributed by atoms with Crippen LogP contribution in [0.2, 0.25) is 0 Å². The van der Waals surface area contributed by atoms with Crippen LogP contribution in [0.15, 0.2) is 28.0 Å². The van der Waals surface area contributed by atoms with E-state index >= 15 is 0 Å². The van der Waals surface area contributed by atoms with Crippen molar-refractivity contribution < 1.29 is 9.21 Å². The molecule has 3 aromatic heterocycles. The predicted octanol–water partition coefficient (Wildman–Crippen LogP) is 4.40. The molecule has 3 aromatic rings. The van der Waals surface area contributed by atoms with E-state index in [-0.39, 0.29) is 5.78 Å². The van der Waals surface area contributed by atoms with E-state index in [4.69, 9.17) is 4.42 Å². The Morgan fingerprint density at radius 2 is 2.06 bits per heavy atom. The Bertz CT molecular complexity index is 671. The van der Waals surface area contributed by atoms with E-state index in [1.165, 1.54) is 9.40 Å². The summed E-state index contributed by atoms with van der Waals surface area (Å²) in [7, 11) is 0. The molecule has 17 heavy (non-hydrogen) atoms. The standard InChI is InChI=1S/C13H10O2S2/c1-7-5-9(8(2)15-7)13(14)12-6-11-10(17-12)3-4-16-11/h3-6H,1-2H3. The van der Waals surface area contributed by atoms with E-state index in [1.54, 1.807) is 22.7 Å². The quantitative estimate of drug-likeness (QED) is 0.641. The lowest BCUT2D eigenvalue weighted by molar-refractivity contribution is 0.104. The lowest BCUT2D eigenvalue weighted by Gasteiger charge is -1.93. The molecule has 0 saturated heterocycles. The molecular weight excluding hydrogens is 252 g/mol. The summed E-state index contributed by atoms with van der Waals surface area (Å²) in [5.74, 6) is 1.54. The topological polar surface area (TPSA) is 30.2 Å². The number of rotatable bonds is 2. The summed E-state index contributed by atoms with van der Waals surface area (Å²) in [6, 6.07) is 5.83. The lowest BCUT2D eigenvalue weighted by Crippen LogP contribution is -1.98. The Morgan fingerprint density at radius 3 is 2.71 bits per heavy atom. The van der Waals surface area contributed by atoms with Crippen LogP contribution in [-0.4, -0.2) is 5.78 Å². The van der Waals surface area contributed by atoms with E-state index in [2.05, 4.69) is 6.07 Å². The lowest BCUT2D eigenvalue weighted by atomic mass is 10.1. The molecule has 0 unspecified atom stereocenters. The number of ketones is 1. The zero-order valence-corrected chi connectivity index (χ0v) is 11.1. The Hall–Kier alpha value is -1.39. The molecule has 2 nitrogen and oxygen atoms in total. The fourth-order valence-corrected chi connectivity index (χ4v) is 3.93. The van der Waals surface area contributed by atoms with Gasteiger partial charge in [-0.3, -0.25) is 4.79 Å². The zero-order valence-electron chi connectivity index (χ0n) is 9.44. The number of carbonyl (C=O) groups excluding carboxylic acids is 1. The van der Waals surface area contributed by atoms with Crippen LogP contribution in [0.4, 0.5) is 0 Å². The smallest absolute Gasteiger partial charge is 0.206 e. The zero-order chi connectivity index (χ0) is 12.0. The third-order valence-electron chi connectivity index (χ3n) is 2.65. The molecule has 0 aliphatic rings. The highest BCUT2D eigenvalue weighted by Gasteiger charge is 2.18. The van der Waals surface area contributed by atoms with Crippen molar-refractivity contribution in [1.82, 2.24) is 0 Å². The summed E-state index contributed by atoms with van der Waals surface area (Å²) in [4.78, 5) is 13.1. The van der Waals surface area contributed by atoms with Crippen molar-refractivity contribution in [3.63, 3.8) is 0 Å². The minimum absolute atomic E-state index is 0.0627. The highest BCUT2D eigenvalue weighted by atomic mass is 32.1. The highest BCUT2D eigenvalue weighted by Crippen LogP contribution is 2.32. The molecule has 0 aromatic carbocycles. The molecule has 3 heterocycles. The fraction of sp³-hybridized carbons (Fsp3) is 0.154. The van der Waals surface area contributed by atoms with E-state index in [0.29, 0.717) is 11.3 Å². The molecule has 0 atom stereocenters. The monoisotopic (exact) mass is 262 g/mol. The molecule has 0 radical (unpaired) electrons. The van der Waals surface area contributed by atoms with Gasteiger partial charge in [-0.1, -0.05) is 0 Å². The molecule has 0 fully saturated rings. The third kappa shape index (κ3) is 1.73. The molecule has 0 spiro atoms. The first-order chi connectivity index (χ1) is 8.15. The minimum Gasteiger partial charge on any atom is -0.466 e. The van der Waals surface area contributed by atoms with Gasteiger partial charge in [0.25, 0.3) is 0 Å². The van der Waals surface area contributed by atoms with Gasteiger partial charge in [0.1, 0.15) is 11.5 Å². The van der Waals surface area contributed by atoms with Crippen LogP contribution < -0.4 is 0 Å². The second kappa shape index (κ2) is 3.82. The molecule has 4 heteroatoms. The molecule has 0 N–H and O–H groups in total. The molecule has 0 bridgehead atoms. The van der Waals surface area contributed by atoms with Crippen LogP contribution in [0.1, 0.15) is 26.8 Å². The van der Waals surface area contributed by atoms with Gasteiger partial charge in [0.15, 0.2) is 0 Å². The van der Waals surface area contributed by atoms with Crippen molar-refractivity contribution in [3.8, 4) is 0 Å². The van der Waals surface area contributed by atoms with Crippen molar-refractivity contribution in [2.75, 3.05) is 0 Å². The first-order valence-electron chi connectivity index (χ1n) is 5.24. The van der Waals surface area contributed by atoms with Crippen molar-refractivity contribution in [1.29, 1.82) is 0 Å². The minimum atomic E-state index is 0.0627. The Kier molecular flexibility index (Phi) is 2.42. The molecule has 0 aliphatic carbocycles. The summed E-state index contributed by atoms with van der Waals surface area (Å²) in [6.07, 6.45) is 0. The van der Waals surface area contributed by atoms with Gasteiger partial charge in [-0.05, 0) is 37.4 Å². The number of hydrogen-bond acceptors (Lipinski definition) is 4. The van der Waals surface area contributed by atoms with Crippen molar-refractivity contribution >= 4 is 37.9 Å². The molecule has 0 saturated carbocycles. The summed E-state index contributed by atoms with van der Waals surface area (Å²) in [5.41, 5.74) is 0.677. The van der Waals surface area contributed by atoms with Gasteiger partial charge in [0.05, 0.1) is 10.4 Å². The van der Waals surface area contributed by atoms with Crippen LogP contribution in [0.5, 0.6) is 0 Å². The second-order valence-corrected chi connectivity index (χ2v) is 5.95. The number of aryl methyl sites for hydroxylation is 2. The van der Waals surface area contributed by atoms with Gasteiger partial charge in [0, 0.05) is 9.40 Å². The predicted molar refractivity (Wildman–Crippen MR) is 71.3 cm³/mol. The van der Waals surface area contributed by atoms with Gasteiger partial charge in [0.2, 0.25) is 5.78 Å². The number of fused-ring (bicyclic) bond motifs is 1. The van der Waals surface area contributed by atoms with Crippen LogP contribution in [-0.2, 0) is 0 Å². The van der Waals surface area contributed by atoms with Gasteiger partial charge < -0.3 is 4.42 Å². The first-order valence-corrected chi connectivity index (χ1v) is 6.93. The Balaban J connectivity index is 2.07. The second-order valence-electron chi connectivity index (χ2n) is 3.92. The van der Waals surface area contributed by atoms with Crippen molar-refractivity contribution in [2.24, 2.45) is 0 Å². The average molecular weight is 262 g/mol. The largest absolute Gasteiger partial charge is 0.466 e. The van der Waals surface area contributed by atoms with Crippen LogP contribution >= 0.6 is 22.7 Å². The number of thiophene rings is 2. The maximum atomic E-state index is 12.3. The SMILES string of the molecule is Cc1cc(C(=O)c2cc3sccc3s2)c(C)o1. The number of hydrogen-bond donors (Lipinski definition) is 0. The number of carbonyl (C=O) groups is 1. The number of furan rings is 1. The molecule has 3 rings (SSSR count). The third-order valence-corrected chi connectivity index (χ3v) is 4.74. The van der Waals surface area contributed by atoms with E-state index in [0.717, 1.165) is 10.6 Å². The fourth-order valence-electron chi connectivity index (χ4n) is 1.87. The Labute approximate surface area is 107 Å². The van der Waals surface area contributed by atoms with Gasteiger partial charge in [-0.15, -0.1) is 22.7 Å². The summed E-state index contributed by atoms with van der Waals surface area (Å²) >= 11 is 3.21. The van der Waals surface area contributed by atoms with Crippen LogP contribution in [0.25, 0.3) is 9.40 Å². The summed E-state index contributed by atoms with van der Waals surface area (Å²) in [5, 5.41) is 2.04. The molecular formula is C13H10O2S2. The van der Waals surface area contributed by atoms with Crippen LogP contribution in [0.3, 0.4) is 0 Å². The van der Waals surface area contributed by atoms with E-state index in [9.17, 15) is 4.79 Å². The van der Waals surface area contributed by atoms with Gasteiger partial charge in [-0.25, -0.2) is 0 Å². The average Bonchev–Trinajstić information content (AvgIpc) is 2.90. The van der Waals surface area contributed by atoms with Crippen LogP contribution in [0, 0.1) is 13.8 Å². The highest BCUT2D eigenvalue weighted by molar-refractivity contribution is 7.28. The normalized spacial score (nSPS) is 11.2. The van der Waals surface area contributed by atoms with Gasteiger partial charge >= 0.3 is 0 Å². The van der Waals surface area contributed by atoms with E-state index in [1.807, 2.05) is 31.4 Å². The maximum Gasteiger partial charge on any atom is 0.206 e. The van der Waals surface area contributed by atoms with E-state index < -0.39 is 0 Å². The molecule has 0 amide bonds. The molecule has 0 aliphatic heterocycles. The van der Waals surface area contributed by atoms with Crippen molar-refractivity contribution in [2.45, 2.75) is 13.8 Å². The summed E-state index contributed by atoms with van der Waals surface area (Å²) < 4.78 is 7.75. The Morgan fingerprint density at radius 1 is 1.24 bits per heavy atom.